The van der Waals surface area contributed by atoms with Crippen molar-refractivity contribution < 1.29 is 14.6 Å². The van der Waals surface area contributed by atoms with Gasteiger partial charge < -0.3 is 20.1 Å². The third-order valence-electron chi connectivity index (χ3n) is 6.46. The van der Waals surface area contributed by atoms with Crippen molar-refractivity contribution in [3.8, 4) is 0 Å². The number of rotatable bonds is 4. The summed E-state index contributed by atoms with van der Waals surface area (Å²) in [6.07, 6.45) is 3.20. The van der Waals surface area contributed by atoms with Crippen molar-refractivity contribution in [2.24, 2.45) is 11.3 Å². The Bertz CT molecular complexity index is 660. The van der Waals surface area contributed by atoms with Crippen LogP contribution < -0.4 is 5.32 Å². The molecule has 4 atom stereocenters. The Morgan fingerprint density at radius 1 is 1.36 bits per heavy atom. The Kier molecular flexibility index (Phi) is 4.24. The normalized spacial score (nSPS) is 31.8. The number of benzene rings is 1. The maximum atomic E-state index is 13.1. The predicted molar refractivity (Wildman–Crippen MR) is 95.2 cm³/mol. The number of carbonyl (C=O) groups is 1. The van der Waals surface area contributed by atoms with Gasteiger partial charge in [-0.05, 0) is 30.4 Å². The summed E-state index contributed by atoms with van der Waals surface area (Å²) >= 11 is 0. The molecule has 2 fully saturated rings. The van der Waals surface area contributed by atoms with E-state index in [1.807, 2.05) is 11.0 Å². The first-order valence-corrected chi connectivity index (χ1v) is 9.41. The summed E-state index contributed by atoms with van der Waals surface area (Å²) in [5.74, 6) is 0.422. The van der Waals surface area contributed by atoms with E-state index in [1.54, 1.807) is 0 Å². The molecule has 4 unspecified atom stereocenters. The highest BCUT2D eigenvalue weighted by Crippen LogP contribution is 2.52. The van der Waals surface area contributed by atoms with Gasteiger partial charge >= 0.3 is 6.03 Å². The fraction of sp³-hybridized carbons (Fsp3) is 0.650. The van der Waals surface area contributed by atoms with Crippen LogP contribution in [0.15, 0.2) is 24.3 Å². The van der Waals surface area contributed by atoms with E-state index in [0.717, 1.165) is 25.9 Å². The average Bonchev–Trinajstić information content (AvgIpc) is 3.23. The highest BCUT2D eigenvalue weighted by Gasteiger charge is 2.60. The van der Waals surface area contributed by atoms with Gasteiger partial charge in [-0.15, -0.1) is 0 Å². The van der Waals surface area contributed by atoms with Gasteiger partial charge in [0.05, 0.1) is 18.8 Å². The summed E-state index contributed by atoms with van der Waals surface area (Å²) in [5.41, 5.74) is 2.51. The predicted octanol–water partition coefficient (Wildman–Crippen LogP) is 2.49. The molecule has 1 saturated heterocycles. The molecule has 0 spiro atoms. The van der Waals surface area contributed by atoms with Crippen LogP contribution in [0.5, 0.6) is 0 Å². The first-order valence-electron chi connectivity index (χ1n) is 9.41. The van der Waals surface area contributed by atoms with Gasteiger partial charge in [0.15, 0.2) is 0 Å². The van der Waals surface area contributed by atoms with E-state index in [-0.39, 0.29) is 36.2 Å². The van der Waals surface area contributed by atoms with Gasteiger partial charge in [-0.1, -0.05) is 38.1 Å². The van der Waals surface area contributed by atoms with E-state index in [2.05, 4.69) is 37.4 Å². The molecule has 0 radical (unpaired) electrons. The summed E-state index contributed by atoms with van der Waals surface area (Å²) in [4.78, 5) is 14.9. The zero-order chi connectivity index (χ0) is 17.6. The minimum Gasteiger partial charge on any atom is -0.395 e. The lowest BCUT2D eigenvalue weighted by molar-refractivity contribution is -0.109. The molecule has 1 aliphatic heterocycles. The molecule has 4 rings (SSSR count). The molecule has 25 heavy (non-hydrogen) atoms. The highest BCUT2D eigenvalue weighted by molar-refractivity contribution is 5.76. The average molecular weight is 344 g/mol. The number of nitrogens with one attached hydrogen (secondary N) is 1. The summed E-state index contributed by atoms with van der Waals surface area (Å²) in [7, 11) is 0. The van der Waals surface area contributed by atoms with Crippen LogP contribution in [0.25, 0.3) is 0 Å². The number of hydrogen-bond donors (Lipinski definition) is 2. The summed E-state index contributed by atoms with van der Waals surface area (Å²) in [5, 5.41) is 12.8. The second-order valence-corrected chi connectivity index (χ2v) is 8.16. The highest BCUT2D eigenvalue weighted by atomic mass is 16.5. The molecule has 5 heteroatoms. The maximum Gasteiger partial charge on any atom is 0.318 e. The minimum absolute atomic E-state index is 0.0185. The smallest absolute Gasteiger partial charge is 0.318 e. The Morgan fingerprint density at radius 3 is 2.96 bits per heavy atom. The fourth-order valence-corrected chi connectivity index (χ4v) is 5.20. The monoisotopic (exact) mass is 344 g/mol. The van der Waals surface area contributed by atoms with Crippen molar-refractivity contribution >= 4 is 6.03 Å². The van der Waals surface area contributed by atoms with E-state index >= 15 is 0 Å². The molecule has 2 aliphatic carbocycles. The van der Waals surface area contributed by atoms with Gasteiger partial charge in [0.25, 0.3) is 0 Å². The molecular formula is C20H28N2O3. The molecule has 1 saturated carbocycles. The van der Waals surface area contributed by atoms with Crippen LogP contribution in [0.2, 0.25) is 0 Å². The van der Waals surface area contributed by atoms with Gasteiger partial charge in [-0.3, -0.25) is 0 Å². The number of nitrogens with zero attached hydrogens (tertiary/aromatic N) is 1. The molecule has 1 aromatic rings. The molecule has 2 amide bonds. The lowest BCUT2D eigenvalue weighted by Crippen LogP contribution is -2.68. The van der Waals surface area contributed by atoms with Gasteiger partial charge in [0.1, 0.15) is 0 Å². The number of fused-ring (bicyclic) bond motifs is 2. The number of ether oxygens (including phenoxy) is 1. The van der Waals surface area contributed by atoms with Crippen LogP contribution in [-0.2, 0) is 11.2 Å². The Labute approximate surface area is 149 Å². The molecule has 0 aromatic heterocycles. The number of aryl methyl sites for hydroxylation is 1. The van der Waals surface area contributed by atoms with Crippen molar-refractivity contribution in [3.05, 3.63) is 35.4 Å². The molecule has 136 valence electrons. The summed E-state index contributed by atoms with van der Waals surface area (Å²) in [6.45, 7) is 5.48. The third-order valence-corrected chi connectivity index (χ3v) is 6.46. The van der Waals surface area contributed by atoms with Gasteiger partial charge in [0.2, 0.25) is 0 Å². The van der Waals surface area contributed by atoms with Crippen molar-refractivity contribution in [1.82, 2.24) is 10.2 Å². The fourth-order valence-electron chi connectivity index (χ4n) is 5.20. The van der Waals surface area contributed by atoms with E-state index in [4.69, 9.17) is 4.74 Å². The van der Waals surface area contributed by atoms with Crippen LogP contribution in [0.3, 0.4) is 0 Å². The van der Waals surface area contributed by atoms with Gasteiger partial charge in [0, 0.05) is 30.5 Å². The first-order chi connectivity index (χ1) is 12.0. The molecule has 1 heterocycles. The number of aliphatic hydroxyl groups is 1. The number of aliphatic hydroxyl groups excluding tert-OH is 1. The van der Waals surface area contributed by atoms with Crippen molar-refractivity contribution in [2.45, 2.75) is 51.3 Å². The van der Waals surface area contributed by atoms with Crippen molar-refractivity contribution in [2.75, 3.05) is 19.8 Å². The van der Waals surface area contributed by atoms with Crippen LogP contribution in [0.4, 0.5) is 4.79 Å². The minimum atomic E-state index is -0.0563. The maximum absolute atomic E-state index is 13.1. The number of carbonyl (C=O) groups excluding carboxylic acids is 1. The molecular weight excluding hydrogens is 316 g/mol. The third kappa shape index (κ3) is 2.64. The summed E-state index contributed by atoms with van der Waals surface area (Å²) in [6, 6.07) is 8.47. The topological polar surface area (TPSA) is 61.8 Å². The quantitative estimate of drug-likeness (QED) is 0.882. The first kappa shape index (κ1) is 16.9. The Hall–Kier alpha value is -1.59. The Morgan fingerprint density at radius 2 is 2.16 bits per heavy atom. The lowest BCUT2D eigenvalue weighted by Gasteiger charge is -2.55. The second kappa shape index (κ2) is 6.29. The van der Waals surface area contributed by atoms with Crippen LogP contribution >= 0.6 is 0 Å². The zero-order valence-electron chi connectivity index (χ0n) is 15.1. The van der Waals surface area contributed by atoms with Crippen LogP contribution in [-0.4, -0.2) is 47.9 Å². The van der Waals surface area contributed by atoms with E-state index in [9.17, 15) is 9.90 Å². The van der Waals surface area contributed by atoms with E-state index in [0.29, 0.717) is 12.5 Å². The van der Waals surface area contributed by atoms with Crippen molar-refractivity contribution in [1.29, 1.82) is 0 Å². The Balaban J connectivity index is 1.51. The van der Waals surface area contributed by atoms with Crippen molar-refractivity contribution in [3.63, 3.8) is 0 Å². The molecule has 3 aliphatic rings. The summed E-state index contributed by atoms with van der Waals surface area (Å²) < 4.78 is 5.83. The number of urea groups is 1. The van der Waals surface area contributed by atoms with Crippen LogP contribution in [0, 0.1) is 11.3 Å². The van der Waals surface area contributed by atoms with E-state index < -0.39 is 0 Å². The lowest BCUT2D eigenvalue weighted by atomic mass is 9.57. The molecule has 1 aromatic carbocycles. The van der Waals surface area contributed by atoms with Gasteiger partial charge in [-0.25, -0.2) is 4.79 Å². The number of hydrogen-bond acceptors (Lipinski definition) is 3. The van der Waals surface area contributed by atoms with Crippen LogP contribution in [0.1, 0.15) is 43.9 Å². The zero-order valence-corrected chi connectivity index (χ0v) is 15.1. The molecule has 2 N–H and O–H groups in total. The SMILES string of the molecule is CC1(C)C(NC(=O)N(CCO)C2CCc3ccccc32)C2CCOC21. The second-order valence-electron chi connectivity index (χ2n) is 8.16. The molecule has 0 bridgehead atoms. The van der Waals surface area contributed by atoms with E-state index in [1.165, 1.54) is 11.1 Å². The molecule has 5 nitrogen and oxygen atoms in total. The standard InChI is InChI=1S/C20H28N2O3/c1-20(2)17(15-9-12-25-18(15)20)21-19(24)22(10-11-23)16-8-7-13-5-3-4-6-14(13)16/h3-6,15-18,23H,7-12H2,1-2H3,(H,21,24). The number of amides is 2. The van der Waals surface area contributed by atoms with Gasteiger partial charge in [-0.2, -0.15) is 0 Å². The largest absolute Gasteiger partial charge is 0.395 e.